The molecule has 1 fully saturated rings. The minimum absolute atomic E-state index is 0.520. The van der Waals surface area contributed by atoms with E-state index in [2.05, 4.69) is 0 Å². The Morgan fingerprint density at radius 2 is 1.38 bits per heavy atom. The van der Waals surface area contributed by atoms with Gasteiger partial charge in [-0.3, -0.25) is 14.4 Å². The highest BCUT2D eigenvalue weighted by atomic mass is 35.5. The molecule has 0 amide bonds. The van der Waals surface area contributed by atoms with Crippen LogP contribution in [0.4, 0.5) is 0 Å². The number of ether oxygens (including phenoxy) is 5. The standard InChI is InChI=1S/C23H23ClO8/c1-13(25)28-21-20(32-23(30-15(3)27)22(21)29-14(2)26)19(16-9-11-17(24)12-10-16)31-18-7-5-4-6-8-18/h4-12,19-23H,1-3H3/t19-,20-,21-,22-,23?/m1/s1. The van der Waals surface area contributed by atoms with Crippen LogP contribution in [0.15, 0.2) is 54.6 Å². The topological polar surface area (TPSA) is 97.4 Å². The summed E-state index contributed by atoms with van der Waals surface area (Å²) < 4.78 is 28.2. The zero-order valence-corrected chi connectivity index (χ0v) is 18.5. The van der Waals surface area contributed by atoms with Crippen LogP contribution < -0.4 is 4.74 Å². The Morgan fingerprint density at radius 1 is 0.812 bits per heavy atom. The first-order valence-corrected chi connectivity index (χ1v) is 10.3. The van der Waals surface area contributed by atoms with Crippen LogP contribution in [0.1, 0.15) is 32.4 Å². The van der Waals surface area contributed by atoms with Crippen molar-refractivity contribution in [1.82, 2.24) is 0 Å². The molecule has 32 heavy (non-hydrogen) atoms. The number of halogens is 1. The van der Waals surface area contributed by atoms with Gasteiger partial charge in [0.05, 0.1) is 0 Å². The van der Waals surface area contributed by atoms with Crippen LogP contribution in [-0.2, 0) is 33.3 Å². The molecule has 170 valence electrons. The Morgan fingerprint density at radius 3 is 1.94 bits per heavy atom. The van der Waals surface area contributed by atoms with Crippen LogP contribution in [0, 0.1) is 0 Å². The second kappa shape index (κ2) is 10.5. The van der Waals surface area contributed by atoms with Crippen molar-refractivity contribution in [2.24, 2.45) is 0 Å². The average Bonchev–Trinajstić information content (AvgIpc) is 3.03. The molecule has 1 saturated heterocycles. The summed E-state index contributed by atoms with van der Waals surface area (Å²) in [6.45, 7) is 3.61. The van der Waals surface area contributed by atoms with Gasteiger partial charge in [-0.1, -0.05) is 41.9 Å². The number of carbonyl (C=O) groups is 3. The molecule has 0 bridgehead atoms. The molecule has 2 aromatic carbocycles. The lowest BCUT2D eigenvalue weighted by Crippen LogP contribution is -2.43. The quantitative estimate of drug-likeness (QED) is 0.454. The summed E-state index contributed by atoms with van der Waals surface area (Å²) in [4.78, 5) is 35.3. The van der Waals surface area contributed by atoms with Crippen molar-refractivity contribution in [3.05, 3.63) is 65.2 Å². The number of esters is 3. The number of rotatable bonds is 7. The van der Waals surface area contributed by atoms with E-state index in [0.29, 0.717) is 16.3 Å². The lowest BCUT2D eigenvalue weighted by Gasteiger charge is -2.29. The minimum atomic E-state index is -1.29. The summed E-state index contributed by atoms with van der Waals surface area (Å²) in [7, 11) is 0. The van der Waals surface area contributed by atoms with Crippen LogP contribution in [0.5, 0.6) is 5.75 Å². The molecule has 9 heteroatoms. The third kappa shape index (κ3) is 5.99. The highest BCUT2D eigenvalue weighted by molar-refractivity contribution is 6.30. The lowest BCUT2D eigenvalue weighted by atomic mass is 9.98. The Balaban J connectivity index is 2.03. The van der Waals surface area contributed by atoms with Crippen LogP contribution in [-0.4, -0.2) is 42.5 Å². The van der Waals surface area contributed by atoms with Crippen molar-refractivity contribution in [2.75, 3.05) is 0 Å². The Labute approximate surface area is 190 Å². The van der Waals surface area contributed by atoms with Gasteiger partial charge in [0.1, 0.15) is 11.9 Å². The van der Waals surface area contributed by atoms with Gasteiger partial charge in [-0.15, -0.1) is 0 Å². The predicted octanol–water partition coefficient (Wildman–Crippen LogP) is 3.61. The number of para-hydroxylation sites is 1. The summed E-state index contributed by atoms with van der Waals surface area (Å²) in [6.07, 6.45) is -5.38. The molecule has 0 radical (unpaired) electrons. The lowest BCUT2D eigenvalue weighted by molar-refractivity contribution is -0.198. The van der Waals surface area contributed by atoms with Gasteiger partial charge in [-0.05, 0) is 29.8 Å². The molecule has 0 aromatic heterocycles. The van der Waals surface area contributed by atoms with Gasteiger partial charge in [0.2, 0.25) is 12.4 Å². The molecule has 0 spiro atoms. The highest BCUT2D eigenvalue weighted by Crippen LogP contribution is 2.38. The van der Waals surface area contributed by atoms with E-state index >= 15 is 0 Å². The fourth-order valence-electron chi connectivity index (χ4n) is 3.42. The first kappa shape index (κ1) is 23.6. The van der Waals surface area contributed by atoms with E-state index in [1.54, 1.807) is 48.5 Å². The third-order valence-corrected chi connectivity index (χ3v) is 4.85. The molecule has 0 saturated carbocycles. The van der Waals surface area contributed by atoms with Gasteiger partial charge in [0.15, 0.2) is 12.2 Å². The second-order valence-corrected chi connectivity index (χ2v) is 7.57. The maximum Gasteiger partial charge on any atom is 0.305 e. The molecule has 1 heterocycles. The summed E-state index contributed by atoms with van der Waals surface area (Å²) in [5.74, 6) is -1.40. The molecule has 1 aliphatic rings. The molecule has 3 rings (SSSR count). The van der Waals surface area contributed by atoms with Crippen molar-refractivity contribution in [2.45, 2.75) is 51.5 Å². The van der Waals surface area contributed by atoms with E-state index in [-0.39, 0.29) is 0 Å². The van der Waals surface area contributed by atoms with Crippen molar-refractivity contribution >= 4 is 29.5 Å². The summed E-state index contributed by atoms with van der Waals surface area (Å²) in [6, 6.07) is 15.8. The average molecular weight is 463 g/mol. The van der Waals surface area contributed by atoms with Crippen molar-refractivity contribution in [3.63, 3.8) is 0 Å². The Kier molecular flexibility index (Phi) is 7.71. The van der Waals surface area contributed by atoms with Gasteiger partial charge in [0.25, 0.3) is 0 Å². The molecule has 0 aliphatic carbocycles. The third-order valence-electron chi connectivity index (χ3n) is 4.60. The monoisotopic (exact) mass is 462 g/mol. The van der Waals surface area contributed by atoms with Crippen molar-refractivity contribution < 1.29 is 38.1 Å². The fraction of sp³-hybridized carbons (Fsp3) is 0.348. The van der Waals surface area contributed by atoms with E-state index in [1.807, 2.05) is 6.07 Å². The maximum absolute atomic E-state index is 11.9. The summed E-state index contributed by atoms with van der Waals surface area (Å²) >= 11 is 6.04. The van der Waals surface area contributed by atoms with Crippen LogP contribution in [0.2, 0.25) is 5.02 Å². The number of benzene rings is 2. The highest BCUT2D eigenvalue weighted by Gasteiger charge is 2.54. The molecule has 1 unspecified atom stereocenters. The molecule has 2 aromatic rings. The van der Waals surface area contributed by atoms with Crippen LogP contribution in [0.3, 0.4) is 0 Å². The van der Waals surface area contributed by atoms with Crippen molar-refractivity contribution in [1.29, 1.82) is 0 Å². The molecule has 5 atom stereocenters. The molecule has 1 aliphatic heterocycles. The minimum Gasteiger partial charge on any atom is -0.483 e. The van der Waals surface area contributed by atoms with E-state index < -0.39 is 48.6 Å². The van der Waals surface area contributed by atoms with E-state index in [9.17, 15) is 14.4 Å². The smallest absolute Gasteiger partial charge is 0.305 e. The number of hydrogen-bond acceptors (Lipinski definition) is 8. The second-order valence-electron chi connectivity index (χ2n) is 7.13. The first-order valence-electron chi connectivity index (χ1n) is 9.89. The summed E-state index contributed by atoms with van der Waals surface area (Å²) in [5, 5.41) is 0.520. The molecule has 0 N–H and O–H groups in total. The normalized spacial score (nSPS) is 23.1. The first-order chi connectivity index (χ1) is 15.2. The van der Waals surface area contributed by atoms with Gasteiger partial charge < -0.3 is 23.7 Å². The van der Waals surface area contributed by atoms with E-state index in [1.165, 1.54) is 20.8 Å². The molecular formula is C23H23ClO8. The van der Waals surface area contributed by atoms with E-state index in [0.717, 1.165) is 0 Å². The summed E-state index contributed by atoms with van der Waals surface area (Å²) in [5.41, 5.74) is 0.658. The van der Waals surface area contributed by atoms with E-state index in [4.69, 9.17) is 35.3 Å². The van der Waals surface area contributed by atoms with Gasteiger partial charge in [-0.25, -0.2) is 0 Å². The van der Waals surface area contributed by atoms with Crippen LogP contribution in [0.25, 0.3) is 0 Å². The molecular weight excluding hydrogens is 440 g/mol. The predicted molar refractivity (Wildman–Crippen MR) is 113 cm³/mol. The van der Waals surface area contributed by atoms with Crippen LogP contribution >= 0.6 is 11.6 Å². The Bertz CT molecular complexity index is 946. The number of carbonyl (C=O) groups excluding carboxylic acids is 3. The van der Waals surface area contributed by atoms with Gasteiger partial charge in [0, 0.05) is 25.8 Å². The van der Waals surface area contributed by atoms with Crippen molar-refractivity contribution in [3.8, 4) is 5.75 Å². The largest absolute Gasteiger partial charge is 0.483 e. The zero-order valence-electron chi connectivity index (χ0n) is 17.7. The molecule has 8 nitrogen and oxygen atoms in total. The maximum atomic E-state index is 11.9. The van der Waals surface area contributed by atoms with Gasteiger partial charge >= 0.3 is 17.9 Å². The fourth-order valence-corrected chi connectivity index (χ4v) is 3.54. The Hall–Kier alpha value is -3.10. The zero-order chi connectivity index (χ0) is 23.3. The number of hydrogen-bond donors (Lipinski definition) is 0. The SMILES string of the molecule is CC(=O)OC1O[C@H]([C@H](Oc2ccccc2)c2ccc(Cl)cc2)[C@@H](OC(C)=O)[C@H]1OC(C)=O. The van der Waals surface area contributed by atoms with Gasteiger partial charge in [-0.2, -0.15) is 0 Å².